The van der Waals surface area contributed by atoms with E-state index in [9.17, 15) is 4.39 Å². The predicted molar refractivity (Wildman–Crippen MR) is 132 cm³/mol. The van der Waals surface area contributed by atoms with Crippen LogP contribution in [0.2, 0.25) is 5.02 Å². The van der Waals surface area contributed by atoms with Crippen LogP contribution in [-0.4, -0.2) is 48.7 Å². The molecule has 0 saturated carbocycles. The van der Waals surface area contributed by atoms with Crippen molar-refractivity contribution >= 4 is 40.9 Å². The summed E-state index contributed by atoms with van der Waals surface area (Å²) in [6.45, 7) is 2.06. The quantitative estimate of drug-likeness (QED) is 0.339. The lowest BCUT2D eigenvalue weighted by Crippen LogP contribution is -2.20. The molecule has 0 aliphatic carbocycles. The number of benzene rings is 2. The number of nitrogens with zero attached hydrogens (tertiary/aromatic N) is 7. The molecule has 1 atom stereocenters. The van der Waals surface area contributed by atoms with Gasteiger partial charge in [0.1, 0.15) is 11.6 Å². The number of hydrogen-bond donors (Lipinski definition) is 2. The second-order valence-electron chi connectivity index (χ2n) is 7.65. The second-order valence-corrected chi connectivity index (χ2v) is 9.03. The van der Waals surface area contributed by atoms with Crippen molar-refractivity contribution in [2.75, 3.05) is 25.1 Å². The number of aromatic nitrogens is 6. The number of nitrogen functional groups attached to an aromatic ring is 1. The summed E-state index contributed by atoms with van der Waals surface area (Å²) in [5.41, 5.74) is 7.43. The van der Waals surface area contributed by atoms with Crippen molar-refractivity contribution in [3.63, 3.8) is 0 Å². The summed E-state index contributed by atoms with van der Waals surface area (Å²) in [5.74, 6) is 1.67. The van der Waals surface area contributed by atoms with Gasteiger partial charge in [0.25, 0.3) is 0 Å². The summed E-state index contributed by atoms with van der Waals surface area (Å²) < 4.78 is 15.2. The summed E-state index contributed by atoms with van der Waals surface area (Å²) in [7, 11) is 3.98. The van der Waals surface area contributed by atoms with Crippen LogP contribution < -0.4 is 11.1 Å². The number of halogens is 2. The topological polar surface area (TPSA) is 111 Å². The highest BCUT2D eigenvalue weighted by Gasteiger charge is 2.21. The number of anilines is 3. The molecule has 0 fully saturated rings. The van der Waals surface area contributed by atoms with E-state index in [1.54, 1.807) is 12.1 Å². The molecular formula is C22H23ClFN9S. The Morgan fingerprint density at radius 3 is 2.44 bits per heavy atom. The van der Waals surface area contributed by atoms with Crippen molar-refractivity contribution in [3.05, 3.63) is 71.0 Å². The number of nitrogens with two attached hydrogens (primary N) is 1. The Kier molecular flexibility index (Phi) is 7.25. The van der Waals surface area contributed by atoms with E-state index in [4.69, 9.17) is 17.3 Å². The van der Waals surface area contributed by atoms with Crippen molar-refractivity contribution in [2.24, 2.45) is 0 Å². The van der Waals surface area contributed by atoms with Crippen molar-refractivity contribution in [1.82, 2.24) is 34.6 Å². The fourth-order valence-corrected chi connectivity index (χ4v) is 4.00. The number of rotatable bonds is 8. The van der Waals surface area contributed by atoms with E-state index in [0.717, 1.165) is 11.5 Å². The fourth-order valence-electron chi connectivity index (χ4n) is 3.06. The van der Waals surface area contributed by atoms with Gasteiger partial charge in [-0.15, -0.1) is 10.2 Å². The summed E-state index contributed by atoms with van der Waals surface area (Å²) in [6, 6.07) is 13.4. The van der Waals surface area contributed by atoms with Crippen LogP contribution in [0.15, 0.2) is 53.7 Å². The number of nitrogens with one attached hydrogen (secondary N) is 1. The van der Waals surface area contributed by atoms with Crippen LogP contribution >= 0.6 is 23.4 Å². The smallest absolute Gasteiger partial charge is 0.232 e. The minimum absolute atomic E-state index is 0.0249. The summed E-state index contributed by atoms with van der Waals surface area (Å²) >= 11 is 7.52. The van der Waals surface area contributed by atoms with E-state index in [2.05, 4.69) is 42.3 Å². The highest BCUT2D eigenvalue weighted by atomic mass is 35.5. The lowest BCUT2D eigenvalue weighted by Gasteiger charge is -2.20. The average molecular weight is 500 g/mol. The molecular weight excluding hydrogens is 477 g/mol. The molecule has 0 radical (unpaired) electrons. The normalized spacial score (nSPS) is 12.2. The molecule has 4 aromatic rings. The molecule has 0 amide bonds. The molecule has 2 heterocycles. The van der Waals surface area contributed by atoms with Crippen LogP contribution in [0.5, 0.6) is 0 Å². The Bertz CT molecular complexity index is 1260. The van der Waals surface area contributed by atoms with E-state index in [1.807, 2.05) is 42.9 Å². The molecule has 12 heteroatoms. The van der Waals surface area contributed by atoms with Crippen molar-refractivity contribution < 1.29 is 4.39 Å². The maximum absolute atomic E-state index is 13.2. The van der Waals surface area contributed by atoms with Gasteiger partial charge in [-0.25, -0.2) is 4.39 Å². The summed E-state index contributed by atoms with van der Waals surface area (Å²) in [6.07, 6.45) is 0. The monoisotopic (exact) mass is 499 g/mol. The molecule has 0 unspecified atom stereocenters. The highest BCUT2D eigenvalue weighted by molar-refractivity contribution is 7.98. The lowest BCUT2D eigenvalue weighted by molar-refractivity contribution is 0.305. The van der Waals surface area contributed by atoms with Crippen LogP contribution in [0.4, 0.5) is 22.0 Å². The fraction of sp³-hybridized carbons (Fsp3) is 0.227. The Labute approximate surface area is 205 Å². The van der Waals surface area contributed by atoms with E-state index in [0.29, 0.717) is 27.4 Å². The van der Waals surface area contributed by atoms with E-state index in [-0.39, 0.29) is 23.8 Å². The maximum atomic E-state index is 13.2. The molecule has 3 N–H and O–H groups in total. The predicted octanol–water partition coefficient (Wildman–Crippen LogP) is 4.49. The minimum atomic E-state index is -0.328. The van der Waals surface area contributed by atoms with Crippen molar-refractivity contribution in [3.8, 4) is 5.69 Å². The Morgan fingerprint density at radius 1 is 1.06 bits per heavy atom. The molecule has 2 aromatic carbocycles. The SMILES string of the molecule is C[C@H](c1nnc(SCc2nc(N)nc(Nc3ccc(F)cc3)n2)n1-c1ccc(Cl)cc1)N(C)C. The molecule has 176 valence electrons. The van der Waals surface area contributed by atoms with E-state index < -0.39 is 0 Å². The molecule has 2 aromatic heterocycles. The lowest BCUT2D eigenvalue weighted by atomic mass is 10.2. The standard InChI is InChI=1S/C22H23ClFN9S/c1-13(32(2)3)19-30-31-22(33(19)17-10-4-14(23)5-11-17)34-12-18-27-20(25)29-21(28-18)26-16-8-6-15(24)7-9-16/h4-11,13H,12H2,1-3H3,(H3,25,26,27,28,29)/t13-/m1/s1. The van der Waals surface area contributed by atoms with Gasteiger partial charge in [-0.05, 0) is 69.6 Å². The van der Waals surface area contributed by atoms with Gasteiger partial charge in [-0.1, -0.05) is 23.4 Å². The van der Waals surface area contributed by atoms with Gasteiger partial charge in [-0.2, -0.15) is 15.0 Å². The van der Waals surface area contributed by atoms with Gasteiger partial charge in [0.2, 0.25) is 11.9 Å². The molecule has 0 saturated heterocycles. The van der Waals surface area contributed by atoms with Gasteiger partial charge in [0, 0.05) is 16.4 Å². The largest absolute Gasteiger partial charge is 0.368 e. The average Bonchev–Trinajstić information content (AvgIpc) is 3.22. The summed E-state index contributed by atoms with van der Waals surface area (Å²) in [5, 5.41) is 13.2. The third kappa shape index (κ3) is 5.61. The first-order valence-corrected chi connectivity index (χ1v) is 11.7. The van der Waals surface area contributed by atoms with Gasteiger partial charge in [0.05, 0.1) is 11.8 Å². The Balaban J connectivity index is 1.59. The molecule has 4 rings (SSSR count). The second kappa shape index (κ2) is 10.3. The third-order valence-electron chi connectivity index (χ3n) is 5.02. The zero-order chi connectivity index (χ0) is 24.2. The van der Waals surface area contributed by atoms with Gasteiger partial charge in [0.15, 0.2) is 11.0 Å². The molecule has 0 aliphatic heterocycles. The van der Waals surface area contributed by atoms with Crippen LogP contribution in [0.1, 0.15) is 24.6 Å². The van der Waals surface area contributed by atoms with Crippen molar-refractivity contribution in [2.45, 2.75) is 23.9 Å². The van der Waals surface area contributed by atoms with Gasteiger partial charge in [-0.3, -0.25) is 9.47 Å². The molecule has 0 spiro atoms. The van der Waals surface area contributed by atoms with Crippen LogP contribution in [-0.2, 0) is 5.75 Å². The number of hydrogen-bond acceptors (Lipinski definition) is 9. The molecule has 0 aliphatic rings. The highest BCUT2D eigenvalue weighted by Crippen LogP contribution is 2.29. The van der Waals surface area contributed by atoms with Gasteiger partial charge >= 0.3 is 0 Å². The molecule has 9 nitrogen and oxygen atoms in total. The first-order valence-electron chi connectivity index (χ1n) is 10.3. The maximum Gasteiger partial charge on any atom is 0.232 e. The first-order chi connectivity index (χ1) is 16.3. The van der Waals surface area contributed by atoms with Crippen LogP contribution in [0, 0.1) is 5.82 Å². The van der Waals surface area contributed by atoms with Crippen molar-refractivity contribution in [1.29, 1.82) is 0 Å². The van der Waals surface area contributed by atoms with Crippen LogP contribution in [0.25, 0.3) is 5.69 Å². The van der Waals surface area contributed by atoms with Gasteiger partial charge < -0.3 is 11.1 Å². The van der Waals surface area contributed by atoms with E-state index in [1.165, 1.54) is 23.9 Å². The third-order valence-corrected chi connectivity index (χ3v) is 6.20. The zero-order valence-electron chi connectivity index (χ0n) is 18.8. The number of thioether (sulfide) groups is 1. The molecule has 34 heavy (non-hydrogen) atoms. The zero-order valence-corrected chi connectivity index (χ0v) is 20.3. The summed E-state index contributed by atoms with van der Waals surface area (Å²) in [4.78, 5) is 14.9. The Morgan fingerprint density at radius 2 is 1.76 bits per heavy atom. The van der Waals surface area contributed by atoms with E-state index >= 15 is 0 Å². The molecule has 0 bridgehead atoms. The minimum Gasteiger partial charge on any atom is -0.368 e. The first kappa shape index (κ1) is 23.9. The Hall–Kier alpha value is -3.28. The van der Waals surface area contributed by atoms with Crippen LogP contribution in [0.3, 0.4) is 0 Å².